The molecule has 262 valence electrons. The van der Waals surface area contributed by atoms with Gasteiger partial charge in [-0.05, 0) is 66.4 Å². The predicted molar refractivity (Wildman–Crippen MR) is 195 cm³/mol. The summed E-state index contributed by atoms with van der Waals surface area (Å²) in [5.74, 6) is -0.962. The molecule has 6 aromatic rings. The van der Waals surface area contributed by atoms with Gasteiger partial charge in [0.25, 0.3) is 0 Å². The molecule has 52 heavy (non-hydrogen) atoms. The standard InChI is InChI=1S/C38H30Cl2F2N8O2/c39-31-17-27(10-11-33(31)42)45-35-25(19-43)20-44-37-30(35)16-28(18-32(37)40)46-36(24-6-8-26(41)9-7-24)34-21-50(48-47-34)29-12-14-49(15-13-29)38(51)52-22-23-4-2-1-3-5-23/h1-11,16-18,20-21,29,36,46H,12-15,22H2,(H,44,45). The monoisotopic (exact) mass is 738 g/mol. The Bertz CT molecular complexity index is 2270. The third kappa shape index (κ3) is 7.61. The second-order valence-corrected chi connectivity index (χ2v) is 13.1. The van der Waals surface area contributed by atoms with Crippen LogP contribution in [0.25, 0.3) is 10.9 Å². The van der Waals surface area contributed by atoms with Crippen LogP contribution in [-0.2, 0) is 11.3 Å². The van der Waals surface area contributed by atoms with Gasteiger partial charge in [-0.15, -0.1) is 5.10 Å². The number of nitrogens with one attached hydrogen (secondary N) is 2. The van der Waals surface area contributed by atoms with Gasteiger partial charge in [-0.2, -0.15) is 5.26 Å². The molecule has 0 spiro atoms. The fraction of sp³-hybridized carbons (Fsp3) is 0.184. The molecule has 10 nitrogen and oxygen atoms in total. The number of fused-ring (bicyclic) bond motifs is 1. The first kappa shape index (κ1) is 34.7. The highest BCUT2D eigenvalue weighted by Gasteiger charge is 2.27. The molecule has 1 aliphatic heterocycles. The molecule has 1 aliphatic rings. The van der Waals surface area contributed by atoms with Gasteiger partial charge < -0.3 is 20.3 Å². The Hall–Kier alpha value is -5.77. The maximum Gasteiger partial charge on any atom is 0.410 e. The Balaban J connectivity index is 1.13. The molecule has 14 heteroatoms. The summed E-state index contributed by atoms with van der Waals surface area (Å²) in [5.41, 5.74) is 4.28. The van der Waals surface area contributed by atoms with Crippen LogP contribution in [0.1, 0.15) is 47.3 Å². The first-order valence-corrected chi connectivity index (χ1v) is 17.1. The average Bonchev–Trinajstić information content (AvgIpc) is 3.66. The molecule has 2 N–H and O–H groups in total. The summed E-state index contributed by atoms with van der Waals surface area (Å²) in [7, 11) is 0. The number of carbonyl (C=O) groups is 1. The molecule has 2 aromatic heterocycles. The fourth-order valence-corrected chi connectivity index (χ4v) is 6.60. The van der Waals surface area contributed by atoms with E-state index in [0.717, 1.165) is 5.56 Å². The number of nitrogens with zero attached hydrogens (tertiary/aromatic N) is 6. The number of hydrogen-bond acceptors (Lipinski definition) is 8. The van der Waals surface area contributed by atoms with E-state index in [2.05, 4.69) is 32.0 Å². The number of pyridine rings is 1. The van der Waals surface area contributed by atoms with Crippen molar-refractivity contribution in [2.45, 2.75) is 31.5 Å². The summed E-state index contributed by atoms with van der Waals surface area (Å²) >= 11 is 12.8. The molecule has 0 saturated carbocycles. The number of hydrogen-bond donors (Lipinski definition) is 2. The van der Waals surface area contributed by atoms with E-state index in [0.29, 0.717) is 70.2 Å². The quantitative estimate of drug-likeness (QED) is 0.151. The normalized spacial score (nSPS) is 13.8. The summed E-state index contributed by atoms with van der Waals surface area (Å²) in [4.78, 5) is 18.8. The summed E-state index contributed by atoms with van der Waals surface area (Å²) in [6, 6.07) is 24.8. The second-order valence-electron chi connectivity index (χ2n) is 12.3. The molecule has 0 bridgehead atoms. The number of carbonyl (C=O) groups excluding carboxylic acids is 1. The number of likely N-dealkylation sites (tertiary alicyclic amines) is 1. The van der Waals surface area contributed by atoms with E-state index in [1.165, 1.54) is 36.5 Å². The van der Waals surface area contributed by atoms with Crippen LogP contribution in [0, 0.1) is 23.0 Å². The SMILES string of the molecule is N#Cc1cnc2c(Cl)cc(NC(c3ccc(F)cc3)c3cn(C4CCN(C(=O)OCc5ccccc5)CC4)nn3)cc2c1Nc1ccc(F)c(Cl)c1. The summed E-state index contributed by atoms with van der Waals surface area (Å²) in [6.45, 7) is 1.22. The number of amides is 1. The number of piperidine rings is 1. The fourth-order valence-electron chi connectivity index (χ4n) is 6.16. The minimum absolute atomic E-state index is 0.00696. The molecule has 4 aromatic carbocycles. The number of halogens is 4. The number of anilines is 3. The molecule has 0 radical (unpaired) electrons. The van der Waals surface area contributed by atoms with Crippen LogP contribution in [0.15, 0.2) is 97.3 Å². The van der Waals surface area contributed by atoms with Gasteiger partial charge in [0.2, 0.25) is 0 Å². The van der Waals surface area contributed by atoms with Crippen LogP contribution in [0.2, 0.25) is 10.0 Å². The maximum absolute atomic E-state index is 14.0. The second kappa shape index (κ2) is 15.2. The lowest BCUT2D eigenvalue weighted by Gasteiger charge is -2.31. The van der Waals surface area contributed by atoms with Crippen molar-refractivity contribution < 1.29 is 18.3 Å². The van der Waals surface area contributed by atoms with E-state index >= 15 is 0 Å². The molecule has 1 amide bonds. The molecule has 3 heterocycles. The highest BCUT2D eigenvalue weighted by molar-refractivity contribution is 6.36. The van der Waals surface area contributed by atoms with Gasteiger partial charge in [-0.25, -0.2) is 18.3 Å². The zero-order valence-electron chi connectivity index (χ0n) is 27.4. The zero-order chi connectivity index (χ0) is 36.2. The Labute approximate surface area is 307 Å². The molecule has 1 saturated heterocycles. The van der Waals surface area contributed by atoms with Gasteiger partial charge in [-0.1, -0.05) is 70.9 Å². The lowest BCUT2D eigenvalue weighted by atomic mass is 10.0. The summed E-state index contributed by atoms with van der Waals surface area (Å²) in [6.07, 6.45) is 4.21. The molecular weight excluding hydrogens is 709 g/mol. The van der Waals surface area contributed by atoms with Gasteiger partial charge in [0.05, 0.1) is 45.1 Å². The lowest BCUT2D eigenvalue weighted by Crippen LogP contribution is -2.39. The van der Waals surface area contributed by atoms with E-state index < -0.39 is 11.9 Å². The van der Waals surface area contributed by atoms with Crippen LogP contribution in [0.4, 0.5) is 30.6 Å². The van der Waals surface area contributed by atoms with Crippen LogP contribution in [0.5, 0.6) is 0 Å². The number of aromatic nitrogens is 4. The van der Waals surface area contributed by atoms with E-state index in [1.54, 1.807) is 33.8 Å². The van der Waals surface area contributed by atoms with Crippen LogP contribution < -0.4 is 10.6 Å². The van der Waals surface area contributed by atoms with Crippen molar-refractivity contribution in [2.24, 2.45) is 0 Å². The number of ether oxygens (including phenoxy) is 1. The third-order valence-corrected chi connectivity index (χ3v) is 9.45. The average molecular weight is 740 g/mol. The summed E-state index contributed by atoms with van der Waals surface area (Å²) < 4.78 is 35.3. The van der Waals surface area contributed by atoms with Crippen molar-refractivity contribution in [3.63, 3.8) is 0 Å². The lowest BCUT2D eigenvalue weighted by molar-refractivity contribution is 0.0820. The summed E-state index contributed by atoms with van der Waals surface area (Å²) in [5, 5.41) is 26.3. The largest absolute Gasteiger partial charge is 0.445 e. The Kier molecular flexibility index (Phi) is 10.2. The van der Waals surface area contributed by atoms with Gasteiger partial charge in [0, 0.05) is 36.0 Å². The van der Waals surface area contributed by atoms with Crippen LogP contribution in [0.3, 0.4) is 0 Å². The topological polar surface area (TPSA) is 121 Å². The molecule has 1 fully saturated rings. The van der Waals surface area contributed by atoms with Crippen molar-refractivity contribution in [1.82, 2.24) is 24.9 Å². The molecule has 1 atom stereocenters. The minimum Gasteiger partial charge on any atom is -0.445 e. The predicted octanol–water partition coefficient (Wildman–Crippen LogP) is 9.20. The molecule has 7 rings (SSSR count). The molecule has 0 aliphatic carbocycles. The minimum atomic E-state index is -0.588. The van der Waals surface area contributed by atoms with E-state index in [1.807, 2.05) is 36.5 Å². The number of benzene rings is 4. The smallest absolute Gasteiger partial charge is 0.410 e. The first-order chi connectivity index (χ1) is 25.2. The van der Waals surface area contributed by atoms with Crippen LogP contribution in [-0.4, -0.2) is 44.1 Å². The number of nitriles is 1. The van der Waals surface area contributed by atoms with Crippen molar-refractivity contribution in [3.8, 4) is 6.07 Å². The van der Waals surface area contributed by atoms with Crippen molar-refractivity contribution in [2.75, 3.05) is 23.7 Å². The highest BCUT2D eigenvalue weighted by Crippen LogP contribution is 2.37. The van der Waals surface area contributed by atoms with E-state index in [4.69, 9.17) is 27.9 Å². The van der Waals surface area contributed by atoms with E-state index in [9.17, 15) is 18.8 Å². The van der Waals surface area contributed by atoms with Gasteiger partial charge in [0.15, 0.2) is 0 Å². The zero-order valence-corrected chi connectivity index (χ0v) is 29.0. The molecular formula is C38H30Cl2F2N8O2. The van der Waals surface area contributed by atoms with Gasteiger partial charge in [-0.3, -0.25) is 4.98 Å². The first-order valence-electron chi connectivity index (χ1n) is 16.4. The molecule has 1 unspecified atom stereocenters. The maximum atomic E-state index is 14.0. The Morgan fingerprint density at radius 2 is 1.73 bits per heavy atom. The van der Waals surface area contributed by atoms with Crippen molar-refractivity contribution >= 4 is 57.3 Å². The third-order valence-electron chi connectivity index (χ3n) is 8.87. The van der Waals surface area contributed by atoms with Crippen molar-refractivity contribution in [3.05, 3.63) is 141 Å². The Morgan fingerprint density at radius 1 is 0.981 bits per heavy atom. The van der Waals surface area contributed by atoms with E-state index in [-0.39, 0.29) is 35.1 Å². The van der Waals surface area contributed by atoms with Crippen molar-refractivity contribution in [1.29, 1.82) is 5.26 Å². The Morgan fingerprint density at radius 3 is 2.46 bits per heavy atom. The number of rotatable bonds is 9. The highest BCUT2D eigenvalue weighted by atomic mass is 35.5. The van der Waals surface area contributed by atoms with Gasteiger partial charge >= 0.3 is 6.09 Å². The van der Waals surface area contributed by atoms with Gasteiger partial charge in [0.1, 0.15) is 30.0 Å². The van der Waals surface area contributed by atoms with Crippen LogP contribution >= 0.6 is 23.2 Å².